The van der Waals surface area contributed by atoms with Gasteiger partial charge in [-0.15, -0.1) is 0 Å². The third-order valence-corrected chi connectivity index (χ3v) is 6.42. The largest absolute Gasteiger partial charge is 0.440 e. The molecule has 0 aliphatic heterocycles. The van der Waals surface area contributed by atoms with E-state index in [1.807, 2.05) is 78.9 Å². The highest BCUT2D eigenvalue weighted by Gasteiger charge is 2.40. The molecule has 3 atom stereocenters. The lowest BCUT2D eigenvalue weighted by Crippen LogP contribution is -2.19. The number of hydrogen-bond acceptors (Lipinski definition) is 6. The molecule has 5 rings (SSSR count). The molecule has 0 radical (unpaired) electrons. The fourth-order valence-corrected chi connectivity index (χ4v) is 4.84. The first-order chi connectivity index (χ1) is 17.1. The zero-order valence-electron chi connectivity index (χ0n) is 19.5. The minimum atomic E-state index is -0.536. The van der Waals surface area contributed by atoms with Crippen molar-refractivity contribution in [3.05, 3.63) is 96.4 Å². The molecule has 3 unspecified atom stereocenters. The van der Waals surface area contributed by atoms with Gasteiger partial charge in [0, 0.05) is 18.1 Å². The van der Waals surface area contributed by atoms with Gasteiger partial charge in [0.2, 0.25) is 5.89 Å². The van der Waals surface area contributed by atoms with Crippen molar-refractivity contribution in [2.45, 2.75) is 38.2 Å². The molecule has 0 bridgehead atoms. The lowest BCUT2D eigenvalue weighted by atomic mass is 9.88. The third-order valence-electron chi connectivity index (χ3n) is 6.42. The van der Waals surface area contributed by atoms with Crippen LogP contribution >= 0.6 is 0 Å². The predicted molar refractivity (Wildman–Crippen MR) is 131 cm³/mol. The van der Waals surface area contributed by atoms with Crippen LogP contribution in [0.1, 0.15) is 37.1 Å². The van der Waals surface area contributed by atoms with Gasteiger partial charge in [0.05, 0.1) is 12.0 Å². The van der Waals surface area contributed by atoms with Gasteiger partial charge in [-0.1, -0.05) is 72.8 Å². The van der Waals surface area contributed by atoms with Crippen LogP contribution < -0.4 is 4.89 Å². The van der Waals surface area contributed by atoms with Crippen LogP contribution in [0.2, 0.25) is 0 Å². The molecule has 1 N–H and O–H groups in total. The zero-order chi connectivity index (χ0) is 24.2. The van der Waals surface area contributed by atoms with E-state index in [0.717, 1.165) is 28.8 Å². The van der Waals surface area contributed by atoms with Gasteiger partial charge in [-0.2, -0.15) is 0 Å². The van der Waals surface area contributed by atoms with E-state index >= 15 is 0 Å². The summed E-state index contributed by atoms with van der Waals surface area (Å²) in [4.78, 5) is 25.7. The molecule has 1 aromatic heterocycles. The van der Waals surface area contributed by atoms with Crippen molar-refractivity contribution >= 4 is 5.97 Å². The van der Waals surface area contributed by atoms with Crippen molar-refractivity contribution in [3.63, 3.8) is 0 Å². The summed E-state index contributed by atoms with van der Waals surface area (Å²) in [6.45, 7) is 1.29. The van der Waals surface area contributed by atoms with Crippen molar-refractivity contribution < 1.29 is 24.1 Å². The molecule has 1 aliphatic rings. The first kappa shape index (κ1) is 22.9. The van der Waals surface area contributed by atoms with Crippen LogP contribution in [0, 0.1) is 5.92 Å². The predicted octanol–water partition coefficient (Wildman–Crippen LogP) is 5.96. The average Bonchev–Trinajstić information content (AvgIpc) is 3.47. The summed E-state index contributed by atoms with van der Waals surface area (Å²) >= 11 is 0. The number of aliphatic hydroxyl groups is 1. The molecule has 1 aliphatic carbocycles. The molecule has 0 saturated heterocycles. The van der Waals surface area contributed by atoms with E-state index in [9.17, 15) is 9.90 Å². The van der Waals surface area contributed by atoms with Crippen LogP contribution in [0.15, 0.2) is 89.3 Å². The van der Waals surface area contributed by atoms with E-state index in [0.29, 0.717) is 30.2 Å². The summed E-state index contributed by atoms with van der Waals surface area (Å²) in [5.41, 5.74) is 3.73. The molecule has 1 fully saturated rings. The summed E-state index contributed by atoms with van der Waals surface area (Å²) in [6.07, 6.45) is 1.71. The number of aliphatic hydroxyl groups excluding tert-OH is 1. The van der Waals surface area contributed by atoms with Crippen LogP contribution in [-0.4, -0.2) is 22.2 Å². The second kappa shape index (κ2) is 10.2. The summed E-state index contributed by atoms with van der Waals surface area (Å²) in [6, 6.07) is 27.4. The van der Waals surface area contributed by atoms with E-state index in [1.54, 1.807) is 6.07 Å². The fourth-order valence-electron chi connectivity index (χ4n) is 4.84. The molecule has 0 amide bonds. The molecule has 1 heterocycles. The van der Waals surface area contributed by atoms with Gasteiger partial charge in [0.25, 0.3) is 0 Å². The Labute approximate surface area is 204 Å². The molecule has 3 aromatic carbocycles. The zero-order valence-corrected chi connectivity index (χ0v) is 19.5. The fraction of sp³-hybridized carbons (Fsp3) is 0.241. The minimum Gasteiger partial charge on any atom is -0.440 e. The summed E-state index contributed by atoms with van der Waals surface area (Å²) < 4.78 is 6.41. The van der Waals surface area contributed by atoms with Crippen LogP contribution in [-0.2, 0) is 16.1 Å². The Morgan fingerprint density at radius 2 is 1.69 bits per heavy atom. The van der Waals surface area contributed by atoms with Crippen LogP contribution in [0.4, 0.5) is 0 Å². The maximum Gasteiger partial charge on any atom is 0.352 e. The van der Waals surface area contributed by atoms with Crippen LogP contribution in [0.5, 0.6) is 5.75 Å². The molecule has 6 nitrogen and oxygen atoms in total. The number of benzene rings is 3. The SMILES string of the molecule is CC(=O)OOc1cccc(CC2CCC(O)C2c2nc(-c3ccccc3)c(-c3ccccc3)o2)c1. The highest BCUT2D eigenvalue weighted by molar-refractivity contribution is 5.76. The Morgan fingerprint density at radius 3 is 2.40 bits per heavy atom. The number of aromatic nitrogens is 1. The quantitative estimate of drug-likeness (QED) is 0.266. The van der Waals surface area contributed by atoms with E-state index < -0.39 is 12.1 Å². The van der Waals surface area contributed by atoms with Crippen molar-refractivity contribution in [2.24, 2.45) is 5.92 Å². The highest BCUT2D eigenvalue weighted by atomic mass is 17.2. The number of oxazole rings is 1. The normalized spacial score (nSPS) is 19.4. The Balaban J connectivity index is 1.46. The van der Waals surface area contributed by atoms with E-state index in [2.05, 4.69) is 4.89 Å². The monoisotopic (exact) mass is 469 g/mol. The molecule has 35 heavy (non-hydrogen) atoms. The van der Waals surface area contributed by atoms with Crippen LogP contribution in [0.25, 0.3) is 22.6 Å². The summed E-state index contributed by atoms with van der Waals surface area (Å²) in [7, 11) is 0. The Hall–Kier alpha value is -3.90. The Morgan fingerprint density at radius 1 is 0.971 bits per heavy atom. The maximum absolute atomic E-state index is 11.1. The van der Waals surface area contributed by atoms with Gasteiger partial charge in [-0.05, 0) is 42.9 Å². The average molecular weight is 470 g/mol. The van der Waals surface area contributed by atoms with E-state index in [1.165, 1.54) is 6.92 Å². The highest BCUT2D eigenvalue weighted by Crippen LogP contribution is 2.44. The number of carbonyl (C=O) groups excluding carboxylic acids is 1. The molecule has 6 heteroatoms. The van der Waals surface area contributed by atoms with Crippen molar-refractivity contribution in [3.8, 4) is 28.3 Å². The molecule has 178 valence electrons. The van der Waals surface area contributed by atoms with Crippen LogP contribution in [0.3, 0.4) is 0 Å². The van der Waals surface area contributed by atoms with Crippen molar-refractivity contribution in [2.75, 3.05) is 0 Å². The number of nitrogens with zero attached hydrogens (tertiary/aromatic N) is 1. The summed E-state index contributed by atoms with van der Waals surface area (Å²) in [5, 5.41) is 10.9. The van der Waals surface area contributed by atoms with Gasteiger partial charge >= 0.3 is 5.97 Å². The number of carbonyl (C=O) groups is 1. The van der Waals surface area contributed by atoms with Gasteiger partial charge in [-0.3, -0.25) is 9.78 Å². The number of hydrogen-bond donors (Lipinski definition) is 1. The molecule has 4 aromatic rings. The first-order valence-electron chi connectivity index (χ1n) is 11.8. The molecule has 1 saturated carbocycles. The Bertz CT molecular complexity index is 1230. The van der Waals surface area contributed by atoms with Gasteiger partial charge in [-0.25, -0.2) is 9.78 Å². The van der Waals surface area contributed by atoms with Gasteiger partial charge < -0.3 is 9.52 Å². The lowest BCUT2D eigenvalue weighted by molar-refractivity contribution is -0.210. The smallest absolute Gasteiger partial charge is 0.352 e. The van der Waals surface area contributed by atoms with Gasteiger partial charge in [0.15, 0.2) is 11.5 Å². The molecular formula is C29H27NO5. The minimum absolute atomic E-state index is 0.139. The topological polar surface area (TPSA) is 81.8 Å². The Kier molecular flexibility index (Phi) is 6.64. The van der Waals surface area contributed by atoms with Gasteiger partial charge in [0.1, 0.15) is 5.69 Å². The van der Waals surface area contributed by atoms with E-state index in [-0.39, 0.29) is 11.8 Å². The summed E-state index contributed by atoms with van der Waals surface area (Å²) in [5.74, 6) is 1.13. The second-order valence-corrected chi connectivity index (χ2v) is 8.90. The molecular weight excluding hydrogens is 442 g/mol. The van der Waals surface area contributed by atoms with E-state index in [4.69, 9.17) is 14.3 Å². The van der Waals surface area contributed by atoms with Crippen molar-refractivity contribution in [1.82, 2.24) is 4.98 Å². The third kappa shape index (κ3) is 5.12. The number of rotatable bonds is 7. The lowest BCUT2D eigenvalue weighted by Gasteiger charge is -2.19. The first-order valence-corrected chi connectivity index (χ1v) is 11.8. The maximum atomic E-state index is 11.1. The standard InChI is InChI=1S/C29H27NO5/c1-19(31)34-35-24-14-8-9-20(18-24)17-23-15-16-25(32)26(23)29-30-27(21-10-4-2-5-11-21)28(33-29)22-12-6-3-7-13-22/h2-14,18,23,25-26,32H,15-17H2,1H3. The van der Waals surface area contributed by atoms with Crippen molar-refractivity contribution in [1.29, 1.82) is 0 Å². The molecule has 0 spiro atoms. The second-order valence-electron chi connectivity index (χ2n) is 8.90.